The van der Waals surface area contributed by atoms with Gasteiger partial charge in [-0.1, -0.05) is 37.3 Å². The Morgan fingerprint density at radius 1 is 1.10 bits per heavy atom. The topological polar surface area (TPSA) is 51.2 Å². The second-order valence-electron chi connectivity index (χ2n) is 5.95. The lowest BCUT2D eigenvalue weighted by molar-refractivity contribution is -0.142. The Hall–Kier alpha value is -2.42. The molecule has 0 amide bonds. The fourth-order valence-corrected chi connectivity index (χ4v) is 2.95. The number of aromatic nitrogens is 1. The number of alkyl halides is 6. The standard InChI is InChI=1S/C19H18ClF5N2O2/c1-3-12-14(26-10-11-8-6-5-7-9-11)13(17(28)29-4-2)16(19(23,24)25)27-15(12)18(20,21)22/h5-9H,3-4,10H2,1-2H3,(H,26,27). The SMILES string of the molecule is CCOC(=O)c1c(C(F)(F)F)nc(C(F)(F)Cl)c(CC)c1NCc1ccccc1. The Kier molecular flexibility index (Phi) is 7.05. The summed E-state index contributed by atoms with van der Waals surface area (Å²) in [7, 11) is 0. The molecule has 0 aliphatic rings. The van der Waals surface area contributed by atoms with Gasteiger partial charge in [0, 0.05) is 12.1 Å². The highest BCUT2D eigenvalue weighted by atomic mass is 35.5. The summed E-state index contributed by atoms with van der Waals surface area (Å²) in [5.74, 6) is -1.32. The average molecular weight is 437 g/mol. The zero-order valence-electron chi connectivity index (χ0n) is 15.5. The molecule has 0 radical (unpaired) electrons. The maximum atomic E-state index is 13.9. The van der Waals surface area contributed by atoms with Crippen LogP contribution < -0.4 is 5.32 Å². The Labute approximate surface area is 169 Å². The normalized spacial score (nSPS) is 12.0. The van der Waals surface area contributed by atoms with Gasteiger partial charge in [0.05, 0.1) is 12.3 Å². The number of nitrogens with zero attached hydrogens (tertiary/aromatic N) is 1. The molecule has 0 atom stereocenters. The highest BCUT2D eigenvalue weighted by Gasteiger charge is 2.44. The molecule has 2 rings (SSSR count). The van der Waals surface area contributed by atoms with Crippen LogP contribution in [-0.4, -0.2) is 17.6 Å². The van der Waals surface area contributed by atoms with E-state index in [-0.39, 0.29) is 25.1 Å². The van der Waals surface area contributed by atoms with Crippen molar-refractivity contribution in [1.82, 2.24) is 4.98 Å². The fraction of sp³-hybridized carbons (Fsp3) is 0.368. The van der Waals surface area contributed by atoms with Gasteiger partial charge in [-0.3, -0.25) is 0 Å². The van der Waals surface area contributed by atoms with Crippen LogP contribution in [0.5, 0.6) is 0 Å². The predicted octanol–water partition coefficient (Wildman–Crippen LogP) is 5.74. The summed E-state index contributed by atoms with van der Waals surface area (Å²) >= 11 is 5.04. The largest absolute Gasteiger partial charge is 0.462 e. The van der Waals surface area contributed by atoms with E-state index < -0.39 is 40.2 Å². The Bertz CT molecular complexity index is 868. The van der Waals surface area contributed by atoms with Crippen LogP contribution >= 0.6 is 11.6 Å². The summed E-state index contributed by atoms with van der Waals surface area (Å²) in [6, 6.07) is 8.52. The van der Waals surface area contributed by atoms with Gasteiger partial charge in [-0.25, -0.2) is 9.78 Å². The lowest BCUT2D eigenvalue weighted by Crippen LogP contribution is -2.25. The van der Waals surface area contributed by atoms with Gasteiger partial charge in [-0.15, -0.1) is 0 Å². The van der Waals surface area contributed by atoms with Crippen molar-refractivity contribution in [2.75, 3.05) is 11.9 Å². The molecule has 29 heavy (non-hydrogen) atoms. The van der Waals surface area contributed by atoms with E-state index in [1.807, 2.05) is 0 Å². The van der Waals surface area contributed by atoms with Crippen LogP contribution in [0, 0.1) is 0 Å². The van der Waals surface area contributed by atoms with Crippen LogP contribution in [0.15, 0.2) is 30.3 Å². The Morgan fingerprint density at radius 2 is 1.72 bits per heavy atom. The lowest BCUT2D eigenvalue weighted by Gasteiger charge is -2.23. The molecule has 4 nitrogen and oxygen atoms in total. The molecular weight excluding hydrogens is 419 g/mol. The maximum absolute atomic E-state index is 13.9. The van der Waals surface area contributed by atoms with Crippen molar-refractivity contribution in [3.8, 4) is 0 Å². The smallest absolute Gasteiger partial charge is 0.434 e. The molecule has 1 aromatic carbocycles. The molecule has 158 valence electrons. The van der Waals surface area contributed by atoms with Crippen LogP contribution in [-0.2, 0) is 29.3 Å². The molecule has 0 unspecified atom stereocenters. The van der Waals surface area contributed by atoms with Gasteiger partial charge in [0.15, 0.2) is 5.69 Å². The molecule has 0 bridgehead atoms. The van der Waals surface area contributed by atoms with Gasteiger partial charge in [0.1, 0.15) is 11.3 Å². The first-order chi connectivity index (χ1) is 13.5. The van der Waals surface area contributed by atoms with Crippen LogP contribution in [0.4, 0.5) is 27.6 Å². The second-order valence-corrected chi connectivity index (χ2v) is 6.42. The molecule has 0 spiro atoms. The first kappa shape index (κ1) is 22.9. The zero-order valence-corrected chi connectivity index (χ0v) is 16.3. The number of esters is 1. The number of rotatable bonds is 7. The summed E-state index contributed by atoms with van der Waals surface area (Å²) < 4.78 is 73.3. The number of carbonyl (C=O) groups excluding carboxylic acids is 1. The van der Waals surface area contributed by atoms with Crippen molar-refractivity contribution >= 4 is 23.3 Å². The molecule has 0 aliphatic heterocycles. The molecule has 1 N–H and O–H groups in total. The number of ether oxygens (including phenoxy) is 1. The monoisotopic (exact) mass is 436 g/mol. The van der Waals surface area contributed by atoms with Gasteiger partial charge in [-0.2, -0.15) is 22.0 Å². The first-order valence-corrected chi connectivity index (χ1v) is 9.04. The average Bonchev–Trinajstić information content (AvgIpc) is 2.64. The summed E-state index contributed by atoms with van der Waals surface area (Å²) in [6.07, 6.45) is -5.33. The van der Waals surface area contributed by atoms with E-state index in [9.17, 15) is 26.7 Å². The summed E-state index contributed by atoms with van der Waals surface area (Å²) in [5.41, 5.74) is -4.04. The van der Waals surface area contributed by atoms with Crippen molar-refractivity contribution in [1.29, 1.82) is 0 Å². The van der Waals surface area contributed by atoms with Gasteiger partial charge in [-0.05, 0) is 30.5 Å². The van der Waals surface area contributed by atoms with Crippen LogP contribution in [0.25, 0.3) is 0 Å². The number of nitrogens with one attached hydrogen (secondary N) is 1. The maximum Gasteiger partial charge on any atom is 0.434 e. The minimum absolute atomic E-state index is 0.0190. The number of hydrogen-bond donors (Lipinski definition) is 1. The van der Waals surface area contributed by atoms with E-state index in [4.69, 9.17) is 16.3 Å². The van der Waals surface area contributed by atoms with Crippen molar-refractivity contribution in [2.24, 2.45) is 0 Å². The van der Waals surface area contributed by atoms with Crippen molar-refractivity contribution in [3.05, 3.63) is 58.4 Å². The quantitative estimate of drug-likeness (QED) is 0.341. The third-order valence-corrected chi connectivity index (χ3v) is 4.16. The number of carbonyl (C=O) groups is 1. The number of anilines is 1. The number of hydrogen-bond acceptors (Lipinski definition) is 4. The summed E-state index contributed by atoms with van der Waals surface area (Å²) in [4.78, 5) is 15.4. The number of benzene rings is 1. The van der Waals surface area contributed by atoms with Gasteiger partial charge in [0.2, 0.25) is 0 Å². The van der Waals surface area contributed by atoms with Crippen molar-refractivity contribution in [2.45, 2.75) is 38.4 Å². The van der Waals surface area contributed by atoms with Crippen molar-refractivity contribution < 1.29 is 31.5 Å². The van der Waals surface area contributed by atoms with E-state index in [0.29, 0.717) is 5.56 Å². The van der Waals surface area contributed by atoms with Gasteiger partial charge < -0.3 is 10.1 Å². The third-order valence-electron chi connectivity index (χ3n) is 3.98. The Morgan fingerprint density at radius 3 is 2.21 bits per heavy atom. The van der Waals surface area contributed by atoms with Crippen LogP contribution in [0.1, 0.15) is 46.7 Å². The van der Waals surface area contributed by atoms with Crippen LogP contribution in [0.2, 0.25) is 0 Å². The molecule has 10 heteroatoms. The van der Waals surface area contributed by atoms with Crippen molar-refractivity contribution in [3.63, 3.8) is 0 Å². The van der Waals surface area contributed by atoms with E-state index in [1.165, 1.54) is 13.8 Å². The van der Waals surface area contributed by atoms with E-state index in [0.717, 1.165) is 0 Å². The molecule has 0 saturated heterocycles. The summed E-state index contributed by atoms with van der Waals surface area (Å²) in [5, 5.41) is -1.48. The molecule has 0 fully saturated rings. The lowest BCUT2D eigenvalue weighted by atomic mass is 10.00. The van der Waals surface area contributed by atoms with E-state index in [1.54, 1.807) is 30.3 Å². The van der Waals surface area contributed by atoms with Gasteiger partial charge >= 0.3 is 17.5 Å². The molecule has 1 aromatic heterocycles. The predicted molar refractivity (Wildman–Crippen MR) is 98.1 cm³/mol. The minimum atomic E-state index is -5.19. The molecule has 0 aliphatic carbocycles. The second kappa shape index (κ2) is 8.94. The highest BCUT2D eigenvalue weighted by Crippen LogP contribution is 2.43. The zero-order chi connectivity index (χ0) is 21.8. The molecule has 2 aromatic rings. The number of halogens is 6. The molecule has 1 heterocycles. The van der Waals surface area contributed by atoms with Gasteiger partial charge in [0.25, 0.3) is 0 Å². The molecule has 0 saturated carbocycles. The Balaban J connectivity index is 2.77. The fourth-order valence-electron chi connectivity index (χ4n) is 2.79. The third kappa shape index (κ3) is 5.35. The van der Waals surface area contributed by atoms with Crippen LogP contribution in [0.3, 0.4) is 0 Å². The highest BCUT2D eigenvalue weighted by molar-refractivity contribution is 6.21. The van der Waals surface area contributed by atoms with E-state index in [2.05, 4.69) is 10.3 Å². The first-order valence-electron chi connectivity index (χ1n) is 8.66. The number of pyridine rings is 1. The van der Waals surface area contributed by atoms with E-state index >= 15 is 0 Å². The minimum Gasteiger partial charge on any atom is -0.462 e. The molecular formula is C19H18ClF5N2O2. The summed E-state index contributed by atoms with van der Waals surface area (Å²) in [6.45, 7) is 2.63.